The van der Waals surface area contributed by atoms with Crippen LogP contribution < -0.4 is 15.6 Å². The van der Waals surface area contributed by atoms with E-state index in [0.29, 0.717) is 22.3 Å². The molecule has 0 aliphatic heterocycles. The molecule has 3 aromatic rings. The normalized spacial score (nSPS) is 15.2. The minimum atomic E-state index is -0.0759. The van der Waals surface area contributed by atoms with E-state index in [4.69, 9.17) is 9.73 Å². The number of hydrogen-bond acceptors (Lipinski definition) is 6. The van der Waals surface area contributed by atoms with Gasteiger partial charge in [-0.15, -0.1) is 11.3 Å². The Kier molecular flexibility index (Phi) is 5.97. The van der Waals surface area contributed by atoms with Crippen molar-refractivity contribution in [1.29, 1.82) is 0 Å². The first-order valence-electron chi connectivity index (χ1n) is 9.29. The molecule has 2 aromatic heterocycles. The van der Waals surface area contributed by atoms with Gasteiger partial charge in [-0.05, 0) is 48.6 Å². The summed E-state index contributed by atoms with van der Waals surface area (Å²) in [4.78, 5) is 24.6. The average Bonchev–Trinajstić information content (AvgIpc) is 3.39. The number of hydrogen-bond donors (Lipinski definition) is 2. The minimum absolute atomic E-state index is 0.0759. The van der Waals surface area contributed by atoms with Crippen molar-refractivity contribution in [3.8, 4) is 5.75 Å². The SMILES string of the molecule is COc1ccc(NC(=NC2CCCC2)SCc2nc3ccsc3c(=O)[nH]2)cc1. The Morgan fingerprint density at radius 1 is 1.32 bits per heavy atom. The van der Waals surface area contributed by atoms with E-state index in [1.165, 1.54) is 24.2 Å². The van der Waals surface area contributed by atoms with Gasteiger partial charge in [-0.2, -0.15) is 0 Å². The van der Waals surface area contributed by atoms with Gasteiger partial charge < -0.3 is 15.0 Å². The summed E-state index contributed by atoms with van der Waals surface area (Å²) in [7, 11) is 1.66. The van der Waals surface area contributed by atoms with Crippen molar-refractivity contribution < 1.29 is 4.74 Å². The molecule has 1 aliphatic rings. The van der Waals surface area contributed by atoms with E-state index in [2.05, 4.69) is 15.3 Å². The lowest BCUT2D eigenvalue weighted by atomic mass is 10.3. The first-order valence-corrected chi connectivity index (χ1v) is 11.2. The van der Waals surface area contributed by atoms with Gasteiger partial charge in [-0.25, -0.2) is 4.98 Å². The minimum Gasteiger partial charge on any atom is -0.497 e. The van der Waals surface area contributed by atoms with Crippen LogP contribution in [0.25, 0.3) is 10.2 Å². The molecule has 1 saturated carbocycles. The number of thiophene rings is 1. The van der Waals surface area contributed by atoms with Crippen LogP contribution in [0.5, 0.6) is 5.75 Å². The summed E-state index contributed by atoms with van der Waals surface area (Å²) in [6.45, 7) is 0. The highest BCUT2D eigenvalue weighted by molar-refractivity contribution is 8.13. The third kappa shape index (κ3) is 4.56. The maximum atomic E-state index is 12.2. The Bertz CT molecular complexity index is 1020. The lowest BCUT2D eigenvalue weighted by Crippen LogP contribution is -2.14. The molecule has 0 radical (unpaired) electrons. The molecule has 0 amide bonds. The van der Waals surface area contributed by atoms with E-state index in [1.807, 2.05) is 35.7 Å². The van der Waals surface area contributed by atoms with Crippen molar-refractivity contribution in [1.82, 2.24) is 9.97 Å². The summed E-state index contributed by atoms with van der Waals surface area (Å²) in [6.07, 6.45) is 4.73. The topological polar surface area (TPSA) is 79.4 Å². The Hall–Kier alpha value is -2.32. The highest BCUT2D eigenvalue weighted by atomic mass is 32.2. The molecule has 6 nitrogen and oxygen atoms in total. The number of H-pyrrole nitrogens is 1. The Morgan fingerprint density at radius 3 is 2.86 bits per heavy atom. The van der Waals surface area contributed by atoms with E-state index in [0.717, 1.165) is 35.0 Å². The number of thioether (sulfide) groups is 1. The largest absolute Gasteiger partial charge is 0.497 e. The molecule has 1 aliphatic carbocycles. The summed E-state index contributed by atoms with van der Waals surface area (Å²) >= 11 is 2.98. The number of aromatic nitrogens is 2. The molecule has 0 atom stereocenters. The molecule has 146 valence electrons. The zero-order chi connectivity index (χ0) is 19.3. The third-order valence-corrected chi connectivity index (χ3v) is 6.48. The monoisotopic (exact) mass is 414 g/mol. The van der Waals surface area contributed by atoms with Crippen LogP contribution in [0.2, 0.25) is 0 Å². The van der Waals surface area contributed by atoms with Crippen molar-refractivity contribution >= 4 is 44.2 Å². The van der Waals surface area contributed by atoms with Crippen LogP contribution in [0.3, 0.4) is 0 Å². The predicted octanol–water partition coefficient (Wildman–Crippen LogP) is 4.64. The number of benzene rings is 1. The smallest absolute Gasteiger partial charge is 0.268 e. The number of aromatic amines is 1. The van der Waals surface area contributed by atoms with E-state index in [1.54, 1.807) is 18.9 Å². The van der Waals surface area contributed by atoms with E-state index in [-0.39, 0.29) is 5.56 Å². The van der Waals surface area contributed by atoms with E-state index in [9.17, 15) is 4.79 Å². The molecule has 2 N–H and O–H groups in total. The number of nitrogens with zero attached hydrogens (tertiary/aromatic N) is 2. The maximum Gasteiger partial charge on any atom is 0.268 e. The molecule has 0 spiro atoms. The van der Waals surface area contributed by atoms with Gasteiger partial charge in [0.05, 0.1) is 24.4 Å². The Morgan fingerprint density at radius 2 is 2.11 bits per heavy atom. The van der Waals surface area contributed by atoms with Crippen LogP contribution in [0, 0.1) is 0 Å². The number of fused-ring (bicyclic) bond motifs is 1. The fourth-order valence-corrected chi connectivity index (χ4v) is 4.78. The number of nitrogens with one attached hydrogen (secondary N) is 2. The quantitative estimate of drug-likeness (QED) is 0.470. The van der Waals surface area contributed by atoms with Crippen molar-refractivity contribution in [3.05, 3.63) is 51.9 Å². The molecule has 0 bridgehead atoms. The number of aliphatic imine (C=N–C) groups is 1. The van der Waals surface area contributed by atoms with Crippen LogP contribution in [-0.4, -0.2) is 28.3 Å². The number of amidine groups is 1. The van der Waals surface area contributed by atoms with Gasteiger partial charge in [-0.1, -0.05) is 24.6 Å². The molecule has 1 aromatic carbocycles. The number of rotatable bonds is 5. The molecule has 4 rings (SSSR count). The van der Waals surface area contributed by atoms with Gasteiger partial charge in [0.1, 0.15) is 16.3 Å². The van der Waals surface area contributed by atoms with Crippen LogP contribution >= 0.6 is 23.1 Å². The first-order chi connectivity index (χ1) is 13.7. The molecule has 1 fully saturated rings. The zero-order valence-corrected chi connectivity index (χ0v) is 17.2. The van der Waals surface area contributed by atoms with Crippen LogP contribution in [0.15, 0.2) is 45.5 Å². The lowest BCUT2D eigenvalue weighted by Gasteiger charge is -2.13. The van der Waals surface area contributed by atoms with Gasteiger partial charge in [0, 0.05) is 5.69 Å². The van der Waals surface area contributed by atoms with Gasteiger partial charge in [0.15, 0.2) is 5.17 Å². The van der Waals surface area contributed by atoms with Crippen LogP contribution in [0.4, 0.5) is 5.69 Å². The number of anilines is 1. The van der Waals surface area contributed by atoms with Crippen molar-refractivity contribution in [3.63, 3.8) is 0 Å². The molecular formula is C20H22N4O2S2. The summed E-state index contributed by atoms with van der Waals surface area (Å²) < 4.78 is 5.89. The molecular weight excluding hydrogens is 392 g/mol. The second-order valence-corrected chi connectivity index (χ2v) is 8.54. The standard InChI is InChI=1S/C20H22N4O2S2/c1-26-15-8-6-14(7-9-15)22-20(21-13-4-2-3-5-13)28-12-17-23-16-10-11-27-18(16)19(25)24-17/h6-11,13H,2-5,12H2,1H3,(H,21,22)(H,23,24,25). The summed E-state index contributed by atoms with van der Waals surface area (Å²) in [6, 6.07) is 10.0. The Labute approximate surface area is 171 Å². The van der Waals surface area contributed by atoms with Crippen LogP contribution in [0.1, 0.15) is 31.5 Å². The average molecular weight is 415 g/mol. The Balaban J connectivity index is 1.51. The van der Waals surface area contributed by atoms with Gasteiger partial charge in [0.2, 0.25) is 0 Å². The predicted molar refractivity (Wildman–Crippen MR) is 118 cm³/mol. The van der Waals surface area contributed by atoms with Gasteiger partial charge in [-0.3, -0.25) is 9.79 Å². The second-order valence-electron chi connectivity index (χ2n) is 6.66. The molecule has 8 heteroatoms. The van der Waals surface area contributed by atoms with Crippen molar-refractivity contribution in [2.45, 2.75) is 37.5 Å². The summed E-state index contributed by atoms with van der Waals surface area (Å²) in [5.41, 5.74) is 1.63. The molecule has 0 unspecified atom stereocenters. The third-order valence-electron chi connectivity index (χ3n) is 4.68. The highest BCUT2D eigenvalue weighted by Crippen LogP contribution is 2.25. The maximum absolute atomic E-state index is 12.2. The summed E-state index contributed by atoms with van der Waals surface area (Å²) in [5, 5.41) is 6.16. The fourth-order valence-electron chi connectivity index (χ4n) is 3.23. The van der Waals surface area contributed by atoms with Crippen molar-refractivity contribution in [2.24, 2.45) is 4.99 Å². The number of ether oxygens (including phenoxy) is 1. The molecule has 0 saturated heterocycles. The fraction of sp³-hybridized carbons (Fsp3) is 0.350. The molecule has 2 heterocycles. The second kappa shape index (κ2) is 8.79. The van der Waals surface area contributed by atoms with E-state index < -0.39 is 0 Å². The highest BCUT2D eigenvalue weighted by Gasteiger charge is 2.16. The van der Waals surface area contributed by atoms with Crippen molar-refractivity contribution in [2.75, 3.05) is 12.4 Å². The van der Waals surface area contributed by atoms with E-state index >= 15 is 0 Å². The number of methoxy groups -OCH3 is 1. The zero-order valence-electron chi connectivity index (χ0n) is 15.6. The van der Waals surface area contributed by atoms with Crippen LogP contribution in [-0.2, 0) is 5.75 Å². The lowest BCUT2D eigenvalue weighted by molar-refractivity contribution is 0.415. The first kappa shape index (κ1) is 19.0. The van der Waals surface area contributed by atoms with Gasteiger partial charge in [0.25, 0.3) is 5.56 Å². The molecule has 28 heavy (non-hydrogen) atoms. The van der Waals surface area contributed by atoms with Gasteiger partial charge >= 0.3 is 0 Å². The summed E-state index contributed by atoms with van der Waals surface area (Å²) in [5.74, 6) is 2.03.